The summed E-state index contributed by atoms with van der Waals surface area (Å²) < 4.78 is 5.45. The molecule has 2 unspecified atom stereocenters. The summed E-state index contributed by atoms with van der Waals surface area (Å²) in [6, 6.07) is 0.143. The van der Waals surface area contributed by atoms with E-state index in [1.807, 2.05) is 0 Å². The van der Waals surface area contributed by atoms with Gasteiger partial charge in [0.25, 0.3) is 0 Å². The van der Waals surface area contributed by atoms with Gasteiger partial charge in [-0.05, 0) is 19.3 Å². The Bertz CT molecular complexity index is 415. The SMILES string of the molecule is COC1CC(NC(=O)C2(C(N)=S)CCCCCC2)C1(C)C. The average molecular weight is 312 g/mol. The van der Waals surface area contributed by atoms with E-state index >= 15 is 0 Å². The molecule has 2 atom stereocenters. The van der Waals surface area contributed by atoms with E-state index in [4.69, 9.17) is 22.7 Å². The molecule has 1 amide bonds. The van der Waals surface area contributed by atoms with Gasteiger partial charge in [0.15, 0.2) is 0 Å². The van der Waals surface area contributed by atoms with E-state index in [2.05, 4.69) is 19.2 Å². The van der Waals surface area contributed by atoms with Crippen molar-refractivity contribution in [2.75, 3.05) is 7.11 Å². The van der Waals surface area contributed by atoms with E-state index in [9.17, 15) is 4.79 Å². The zero-order chi connectivity index (χ0) is 15.7. The highest BCUT2D eigenvalue weighted by atomic mass is 32.1. The third kappa shape index (κ3) is 2.95. The van der Waals surface area contributed by atoms with E-state index in [-0.39, 0.29) is 23.5 Å². The van der Waals surface area contributed by atoms with E-state index < -0.39 is 5.41 Å². The van der Waals surface area contributed by atoms with Crippen molar-refractivity contribution >= 4 is 23.1 Å². The molecule has 0 spiro atoms. The minimum absolute atomic E-state index is 0.0320. The van der Waals surface area contributed by atoms with Crippen molar-refractivity contribution in [2.24, 2.45) is 16.6 Å². The number of ether oxygens (including phenoxy) is 1. The van der Waals surface area contributed by atoms with Gasteiger partial charge in [-0.3, -0.25) is 4.79 Å². The average Bonchev–Trinajstić information content (AvgIpc) is 2.69. The lowest BCUT2D eigenvalue weighted by molar-refractivity contribution is -0.139. The third-order valence-electron chi connectivity index (χ3n) is 5.63. The van der Waals surface area contributed by atoms with E-state index in [1.165, 1.54) is 0 Å². The number of methoxy groups -OCH3 is 1. The first-order valence-corrected chi connectivity index (χ1v) is 8.39. The summed E-state index contributed by atoms with van der Waals surface area (Å²) in [5.74, 6) is 0.0320. The van der Waals surface area contributed by atoms with Crippen LogP contribution in [0.1, 0.15) is 58.8 Å². The maximum Gasteiger partial charge on any atom is 0.233 e. The number of hydrogen-bond acceptors (Lipinski definition) is 3. The lowest BCUT2D eigenvalue weighted by atomic mass is 9.64. The van der Waals surface area contributed by atoms with Crippen LogP contribution in [-0.4, -0.2) is 30.2 Å². The third-order valence-corrected chi connectivity index (χ3v) is 6.02. The Balaban J connectivity index is 2.08. The minimum Gasteiger partial charge on any atom is -0.392 e. The van der Waals surface area contributed by atoms with Gasteiger partial charge in [0.2, 0.25) is 5.91 Å². The first-order valence-electron chi connectivity index (χ1n) is 7.98. The van der Waals surface area contributed by atoms with Crippen LogP contribution in [-0.2, 0) is 9.53 Å². The highest BCUT2D eigenvalue weighted by molar-refractivity contribution is 7.80. The highest BCUT2D eigenvalue weighted by Crippen LogP contribution is 2.44. The molecule has 0 aromatic heterocycles. The molecule has 120 valence electrons. The molecule has 3 N–H and O–H groups in total. The number of rotatable bonds is 4. The largest absolute Gasteiger partial charge is 0.392 e. The number of carbonyl (C=O) groups excluding carboxylic acids is 1. The van der Waals surface area contributed by atoms with Gasteiger partial charge in [0.05, 0.1) is 16.5 Å². The standard InChI is InChI=1S/C16H28N2O2S/c1-15(2)11(10-12(15)20-3)18-14(19)16(13(17)21)8-6-4-5-7-9-16/h11-12H,4-10H2,1-3H3,(H2,17,21)(H,18,19). The van der Waals surface area contributed by atoms with Crippen LogP contribution in [0.25, 0.3) is 0 Å². The Labute approximate surface area is 133 Å². The zero-order valence-corrected chi connectivity index (χ0v) is 14.2. The van der Waals surface area contributed by atoms with Gasteiger partial charge < -0.3 is 15.8 Å². The van der Waals surface area contributed by atoms with Gasteiger partial charge in [-0.25, -0.2) is 0 Å². The molecule has 0 aromatic carbocycles. The van der Waals surface area contributed by atoms with Gasteiger partial charge in [0.1, 0.15) is 0 Å². The van der Waals surface area contributed by atoms with E-state index in [0.717, 1.165) is 44.9 Å². The Hall–Kier alpha value is -0.680. The molecule has 0 radical (unpaired) electrons. The Kier molecular flexibility index (Phi) is 4.93. The molecule has 2 fully saturated rings. The highest BCUT2D eigenvalue weighted by Gasteiger charge is 2.51. The second kappa shape index (κ2) is 6.21. The van der Waals surface area contributed by atoms with Crippen LogP contribution in [0.5, 0.6) is 0 Å². The normalized spacial score (nSPS) is 30.8. The second-order valence-corrected chi connectivity index (χ2v) is 7.61. The molecule has 5 heteroatoms. The second-order valence-electron chi connectivity index (χ2n) is 7.17. The van der Waals surface area contributed by atoms with Crippen molar-refractivity contribution in [2.45, 2.75) is 70.9 Å². The van der Waals surface area contributed by atoms with Crippen molar-refractivity contribution in [3.63, 3.8) is 0 Å². The summed E-state index contributed by atoms with van der Waals surface area (Å²) in [7, 11) is 1.73. The van der Waals surface area contributed by atoms with Crippen LogP contribution in [0.4, 0.5) is 0 Å². The lowest BCUT2D eigenvalue weighted by Crippen LogP contribution is -2.64. The van der Waals surface area contributed by atoms with Gasteiger partial charge in [-0.1, -0.05) is 51.7 Å². The monoisotopic (exact) mass is 312 g/mol. The smallest absolute Gasteiger partial charge is 0.233 e. The molecule has 0 saturated heterocycles. The fourth-order valence-electron chi connectivity index (χ4n) is 3.74. The van der Waals surface area contributed by atoms with Crippen LogP contribution in [0.2, 0.25) is 0 Å². The number of nitrogens with two attached hydrogens (primary N) is 1. The van der Waals surface area contributed by atoms with Crippen LogP contribution < -0.4 is 11.1 Å². The molecule has 21 heavy (non-hydrogen) atoms. The zero-order valence-electron chi connectivity index (χ0n) is 13.4. The maximum absolute atomic E-state index is 12.9. The number of hydrogen-bond donors (Lipinski definition) is 2. The number of amides is 1. The molecular weight excluding hydrogens is 284 g/mol. The predicted octanol–water partition coefficient (Wildman–Crippen LogP) is 2.54. The van der Waals surface area contributed by atoms with Crippen molar-refractivity contribution in [1.29, 1.82) is 0 Å². The van der Waals surface area contributed by atoms with Crippen molar-refractivity contribution in [3.8, 4) is 0 Å². The van der Waals surface area contributed by atoms with Gasteiger partial charge in [-0.2, -0.15) is 0 Å². The molecule has 0 heterocycles. The lowest BCUT2D eigenvalue weighted by Gasteiger charge is -2.52. The molecule has 2 aliphatic rings. The molecule has 2 aliphatic carbocycles. The Morgan fingerprint density at radius 1 is 1.24 bits per heavy atom. The molecule has 0 aliphatic heterocycles. The predicted molar refractivity (Wildman–Crippen MR) is 88.0 cm³/mol. The minimum atomic E-state index is -0.639. The molecular formula is C16H28N2O2S. The maximum atomic E-state index is 12.9. The Morgan fingerprint density at radius 3 is 2.24 bits per heavy atom. The molecule has 0 bridgehead atoms. The quantitative estimate of drug-likeness (QED) is 0.618. The summed E-state index contributed by atoms with van der Waals surface area (Å²) in [6.07, 6.45) is 7.03. The van der Waals surface area contributed by atoms with Crippen LogP contribution in [0, 0.1) is 10.8 Å². The first-order chi connectivity index (χ1) is 9.84. The van der Waals surface area contributed by atoms with E-state index in [0.29, 0.717) is 4.99 Å². The summed E-state index contributed by atoms with van der Waals surface area (Å²) >= 11 is 5.27. The van der Waals surface area contributed by atoms with Crippen LogP contribution in [0.3, 0.4) is 0 Å². The fourth-order valence-corrected chi connectivity index (χ4v) is 4.04. The summed E-state index contributed by atoms with van der Waals surface area (Å²) in [5, 5.41) is 3.20. The topological polar surface area (TPSA) is 64.3 Å². The summed E-state index contributed by atoms with van der Waals surface area (Å²) in [5.41, 5.74) is 5.30. The van der Waals surface area contributed by atoms with Crippen molar-refractivity contribution < 1.29 is 9.53 Å². The van der Waals surface area contributed by atoms with Crippen molar-refractivity contribution in [1.82, 2.24) is 5.32 Å². The van der Waals surface area contributed by atoms with E-state index in [1.54, 1.807) is 7.11 Å². The van der Waals surface area contributed by atoms with Gasteiger partial charge in [-0.15, -0.1) is 0 Å². The summed E-state index contributed by atoms with van der Waals surface area (Å²) in [6.45, 7) is 4.27. The van der Waals surface area contributed by atoms with Crippen LogP contribution >= 0.6 is 12.2 Å². The molecule has 4 nitrogen and oxygen atoms in total. The van der Waals surface area contributed by atoms with Crippen molar-refractivity contribution in [3.05, 3.63) is 0 Å². The Morgan fingerprint density at radius 2 is 1.81 bits per heavy atom. The molecule has 0 aromatic rings. The molecule has 2 rings (SSSR count). The first kappa shape index (κ1) is 16.7. The number of carbonyl (C=O) groups is 1. The number of thiocarbonyl (C=S) groups is 1. The summed E-state index contributed by atoms with van der Waals surface area (Å²) in [4.78, 5) is 13.2. The van der Waals surface area contributed by atoms with Gasteiger partial charge in [0, 0.05) is 18.6 Å². The van der Waals surface area contributed by atoms with Crippen LogP contribution in [0.15, 0.2) is 0 Å². The fraction of sp³-hybridized carbons (Fsp3) is 0.875. The number of nitrogens with one attached hydrogen (secondary N) is 1. The van der Waals surface area contributed by atoms with Gasteiger partial charge >= 0.3 is 0 Å². The molecule has 2 saturated carbocycles.